The lowest BCUT2D eigenvalue weighted by molar-refractivity contribution is 0.112. The molecule has 0 heterocycles. The summed E-state index contributed by atoms with van der Waals surface area (Å²) in [7, 11) is 0. The summed E-state index contributed by atoms with van der Waals surface area (Å²) in [6.45, 7) is 0. The standard InChI is InChI=1S/C17H9O/c18-10-12-9-8-11-4-3-7-15-13-5-1-2-6-14(13)17(12)16(11)15/h1-7,9-10H. The van der Waals surface area contributed by atoms with Crippen LogP contribution in [-0.4, -0.2) is 6.29 Å². The molecule has 0 aliphatic heterocycles. The molecule has 1 nitrogen and oxygen atoms in total. The highest BCUT2D eigenvalue weighted by atomic mass is 16.1. The Morgan fingerprint density at radius 3 is 2.50 bits per heavy atom. The first-order chi connectivity index (χ1) is 8.90. The van der Waals surface area contributed by atoms with Gasteiger partial charge in [0.2, 0.25) is 0 Å². The molecule has 0 aromatic heterocycles. The molecule has 0 atom stereocenters. The van der Waals surface area contributed by atoms with Gasteiger partial charge in [-0.3, -0.25) is 4.79 Å². The van der Waals surface area contributed by atoms with Gasteiger partial charge >= 0.3 is 0 Å². The van der Waals surface area contributed by atoms with Crippen LogP contribution >= 0.6 is 0 Å². The number of hydrogen-bond donors (Lipinski definition) is 0. The second kappa shape index (κ2) is 3.30. The summed E-state index contributed by atoms with van der Waals surface area (Å²) in [6, 6.07) is 19.4. The average Bonchev–Trinajstić information content (AvgIpc) is 2.77. The summed E-state index contributed by atoms with van der Waals surface area (Å²) in [5.74, 6) is 0. The predicted molar refractivity (Wildman–Crippen MR) is 72.6 cm³/mol. The molecule has 1 aliphatic rings. The molecule has 1 heteroatoms. The molecule has 0 saturated carbocycles. The first-order valence-corrected chi connectivity index (χ1v) is 5.92. The Morgan fingerprint density at radius 1 is 0.889 bits per heavy atom. The highest BCUT2D eigenvalue weighted by molar-refractivity contribution is 6.18. The Hall–Kier alpha value is -2.41. The number of hydrogen-bond acceptors (Lipinski definition) is 1. The largest absolute Gasteiger partial charge is 0.298 e. The summed E-state index contributed by atoms with van der Waals surface area (Å²) in [5.41, 5.74) is 5.35. The Morgan fingerprint density at radius 2 is 1.67 bits per heavy atom. The Balaban J connectivity index is 2.31. The quantitative estimate of drug-likeness (QED) is 0.449. The summed E-state index contributed by atoms with van der Waals surface area (Å²) in [5, 5.41) is 2.23. The fourth-order valence-corrected chi connectivity index (χ4v) is 2.86. The van der Waals surface area contributed by atoms with Crippen molar-refractivity contribution in [1.82, 2.24) is 0 Å². The Bertz CT molecular complexity index is 800. The number of aldehydes is 1. The molecule has 0 N–H and O–H groups in total. The first kappa shape index (κ1) is 9.60. The van der Waals surface area contributed by atoms with E-state index in [1.165, 1.54) is 11.1 Å². The van der Waals surface area contributed by atoms with Gasteiger partial charge in [-0.15, -0.1) is 0 Å². The van der Waals surface area contributed by atoms with Crippen LogP contribution < -0.4 is 0 Å². The molecular formula is C17H9O. The SMILES string of the molecule is O=Cc1c[c]c2cccc3c2c1-c1ccccc1-3. The number of fused-ring (bicyclic) bond motifs is 3. The molecule has 0 fully saturated rings. The third-order valence-electron chi connectivity index (χ3n) is 3.60. The third kappa shape index (κ3) is 1.04. The van der Waals surface area contributed by atoms with Gasteiger partial charge < -0.3 is 0 Å². The van der Waals surface area contributed by atoms with E-state index in [1.807, 2.05) is 24.3 Å². The van der Waals surface area contributed by atoms with E-state index in [0.717, 1.165) is 33.7 Å². The maximum atomic E-state index is 11.2. The van der Waals surface area contributed by atoms with Gasteiger partial charge in [0, 0.05) is 11.1 Å². The molecule has 0 spiro atoms. The van der Waals surface area contributed by atoms with Gasteiger partial charge in [0.05, 0.1) is 0 Å². The second-order valence-corrected chi connectivity index (χ2v) is 4.51. The lowest BCUT2D eigenvalue weighted by Crippen LogP contribution is -1.86. The van der Waals surface area contributed by atoms with Gasteiger partial charge in [-0.05, 0) is 39.6 Å². The van der Waals surface area contributed by atoms with E-state index in [4.69, 9.17) is 0 Å². The van der Waals surface area contributed by atoms with Crippen LogP contribution in [0.25, 0.3) is 33.0 Å². The average molecular weight is 229 g/mol. The maximum Gasteiger partial charge on any atom is 0.150 e. The van der Waals surface area contributed by atoms with Crippen molar-refractivity contribution in [3.05, 3.63) is 60.2 Å². The van der Waals surface area contributed by atoms with E-state index in [2.05, 4.69) is 24.3 Å². The molecule has 3 aromatic carbocycles. The van der Waals surface area contributed by atoms with Crippen LogP contribution in [0.3, 0.4) is 0 Å². The predicted octanol–water partition coefficient (Wildman–Crippen LogP) is 4.10. The minimum Gasteiger partial charge on any atom is -0.298 e. The monoisotopic (exact) mass is 229 g/mol. The van der Waals surface area contributed by atoms with Crippen molar-refractivity contribution in [1.29, 1.82) is 0 Å². The van der Waals surface area contributed by atoms with E-state index < -0.39 is 0 Å². The zero-order valence-electron chi connectivity index (χ0n) is 9.60. The topological polar surface area (TPSA) is 17.1 Å². The highest BCUT2D eigenvalue weighted by Crippen LogP contribution is 2.47. The minimum atomic E-state index is 0.722. The number of carbonyl (C=O) groups excluding carboxylic acids is 1. The van der Waals surface area contributed by atoms with Crippen molar-refractivity contribution >= 4 is 17.1 Å². The molecule has 0 unspecified atom stereocenters. The summed E-state index contributed by atoms with van der Waals surface area (Å²) in [4.78, 5) is 11.2. The molecule has 4 rings (SSSR count). The highest BCUT2D eigenvalue weighted by Gasteiger charge is 2.22. The van der Waals surface area contributed by atoms with Crippen LogP contribution in [0.2, 0.25) is 0 Å². The molecule has 0 amide bonds. The Labute approximate surface area is 105 Å². The van der Waals surface area contributed by atoms with Crippen molar-refractivity contribution in [3.63, 3.8) is 0 Å². The zero-order chi connectivity index (χ0) is 12.1. The van der Waals surface area contributed by atoms with E-state index >= 15 is 0 Å². The summed E-state index contributed by atoms with van der Waals surface area (Å²) in [6.07, 6.45) is 0.921. The van der Waals surface area contributed by atoms with Crippen LogP contribution in [0.4, 0.5) is 0 Å². The lowest BCUT2D eigenvalue weighted by Gasteiger charge is -2.04. The van der Waals surface area contributed by atoms with Crippen LogP contribution in [0.1, 0.15) is 10.4 Å². The van der Waals surface area contributed by atoms with Gasteiger partial charge in [-0.1, -0.05) is 42.5 Å². The second-order valence-electron chi connectivity index (χ2n) is 4.51. The molecule has 0 bridgehead atoms. The van der Waals surface area contributed by atoms with E-state index in [0.29, 0.717) is 0 Å². The number of benzene rings is 3. The van der Waals surface area contributed by atoms with Crippen LogP contribution in [-0.2, 0) is 0 Å². The van der Waals surface area contributed by atoms with Crippen molar-refractivity contribution in [2.75, 3.05) is 0 Å². The zero-order valence-corrected chi connectivity index (χ0v) is 9.60. The van der Waals surface area contributed by atoms with Crippen molar-refractivity contribution in [2.24, 2.45) is 0 Å². The van der Waals surface area contributed by atoms with Gasteiger partial charge in [-0.2, -0.15) is 0 Å². The Kier molecular flexibility index (Phi) is 1.76. The minimum absolute atomic E-state index is 0.722. The molecule has 3 aromatic rings. The van der Waals surface area contributed by atoms with Crippen LogP contribution in [0, 0.1) is 6.07 Å². The van der Waals surface area contributed by atoms with Crippen LogP contribution in [0.15, 0.2) is 48.5 Å². The van der Waals surface area contributed by atoms with Crippen molar-refractivity contribution < 1.29 is 4.79 Å². The molecule has 18 heavy (non-hydrogen) atoms. The van der Waals surface area contributed by atoms with Gasteiger partial charge in [0.1, 0.15) is 0 Å². The van der Waals surface area contributed by atoms with Gasteiger partial charge in [0.25, 0.3) is 0 Å². The van der Waals surface area contributed by atoms with Gasteiger partial charge in [0.15, 0.2) is 6.29 Å². The molecule has 83 valence electrons. The fraction of sp³-hybridized carbons (Fsp3) is 0. The number of rotatable bonds is 1. The fourth-order valence-electron chi connectivity index (χ4n) is 2.86. The third-order valence-corrected chi connectivity index (χ3v) is 3.60. The van der Waals surface area contributed by atoms with Crippen molar-refractivity contribution in [3.8, 4) is 22.3 Å². The molecule has 1 radical (unpaired) electrons. The van der Waals surface area contributed by atoms with Crippen molar-refractivity contribution in [2.45, 2.75) is 0 Å². The molecule has 1 aliphatic carbocycles. The first-order valence-electron chi connectivity index (χ1n) is 5.92. The normalized spacial score (nSPS) is 11.6. The van der Waals surface area contributed by atoms with Crippen LogP contribution in [0.5, 0.6) is 0 Å². The number of carbonyl (C=O) groups is 1. The van der Waals surface area contributed by atoms with Gasteiger partial charge in [-0.25, -0.2) is 0 Å². The molecular weight excluding hydrogens is 220 g/mol. The summed E-state index contributed by atoms with van der Waals surface area (Å²) >= 11 is 0. The lowest BCUT2D eigenvalue weighted by atomic mass is 9.98. The maximum absolute atomic E-state index is 11.2. The van der Waals surface area contributed by atoms with E-state index in [9.17, 15) is 4.79 Å². The van der Waals surface area contributed by atoms with E-state index in [1.54, 1.807) is 6.07 Å². The smallest absolute Gasteiger partial charge is 0.150 e. The van der Waals surface area contributed by atoms with E-state index in [-0.39, 0.29) is 0 Å². The summed E-state index contributed by atoms with van der Waals surface area (Å²) < 4.78 is 0. The molecule has 0 saturated heterocycles.